The molecule has 4 aromatic rings. The van der Waals surface area contributed by atoms with Gasteiger partial charge in [-0.05, 0) is 45.5 Å². The molecular formula is C24H25N5OS. The third kappa shape index (κ3) is 4.49. The first-order valence-corrected chi connectivity index (χ1v) is 10.2. The van der Waals surface area contributed by atoms with Gasteiger partial charge in [-0.25, -0.2) is 5.84 Å². The summed E-state index contributed by atoms with van der Waals surface area (Å²) < 4.78 is 0. The molecule has 8 N–H and O–H groups in total. The highest BCUT2D eigenvalue weighted by molar-refractivity contribution is 8.13. The smallest absolute Gasteiger partial charge is 0.201 e. The predicted molar refractivity (Wildman–Crippen MR) is 131 cm³/mol. The van der Waals surface area contributed by atoms with Crippen molar-refractivity contribution in [3.8, 4) is 28.0 Å². The Morgan fingerprint density at radius 2 is 1.39 bits per heavy atom. The molecule has 4 aromatic carbocycles. The van der Waals surface area contributed by atoms with Crippen LogP contribution in [0.15, 0.2) is 94.9 Å². The second kappa shape index (κ2) is 9.53. The number of nitrogens with zero attached hydrogens (tertiary/aromatic N) is 2. The first-order valence-electron chi connectivity index (χ1n) is 9.43. The van der Waals surface area contributed by atoms with Gasteiger partial charge in [-0.3, -0.25) is 5.01 Å². The molecule has 0 heterocycles. The minimum atomic E-state index is 0. The van der Waals surface area contributed by atoms with E-state index < -0.39 is 0 Å². The Labute approximate surface area is 185 Å². The van der Waals surface area contributed by atoms with Crippen molar-refractivity contribution in [3.05, 3.63) is 84.9 Å². The number of phenols is 1. The van der Waals surface area contributed by atoms with E-state index in [0.717, 1.165) is 27.5 Å². The lowest BCUT2D eigenvalue weighted by molar-refractivity contribution is 0.469. The van der Waals surface area contributed by atoms with Crippen molar-refractivity contribution >= 4 is 27.7 Å². The molecule has 0 saturated heterocycles. The molecular weight excluding hydrogens is 406 g/mol. The molecule has 0 unspecified atom stereocenters. The van der Waals surface area contributed by atoms with Crippen LogP contribution in [0.3, 0.4) is 0 Å². The number of amidine groups is 1. The average Bonchev–Trinajstić information content (AvgIpc) is 2.79. The zero-order valence-corrected chi connectivity index (χ0v) is 18.0. The maximum absolute atomic E-state index is 10.9. The van der Waals surface area contributed by atoms with Gasteiger partial charge in [-0.1, -0.05) is 78.9 Å². The summed E-state index contributed by atoms with van der Waals surface area (Å²) in [7, 11) is 1.65. The molecule has 0 bridgehead atoms. The van der Waals surface area contributed by atoms with E-state index in [1.807, 2.05) is 48.5 Å². The van der Waals surface area contributed by atoms with Crippen LogP contribution in [0.25, 0.3) is 33.0 Å². The molecule has 158 valence electrons. The number of hydrogen-bond donors (Lipinski definition) is 4. The predicted octanol–water partition coefficient (Wildman–Crippen LogP) is 5.17. The van der Waals surface area contributed by atoms with Gasteiger partial charge in [0.05, 0.1) is 4.90 Å². The molecule has 0 spiro atoms. The summed E-state index contributed by atoms with van der Waals surface area (Å²) in [6, 6.07) is 28.4. The summed E-state index contributed by atoms with van der Waals surface area (Å²) >= 11 is 1.22. The number of phenolic OH excluding ortho intramolecular Hbond substituents is 1. The van der Waals surface area contributed by atoms with Crippen LogP contribution in [0.2, 0.25) is 0 Å². The second-order valence-electron chi connectivity index (χ2n) is 6.88. The summed E-state index contributed by atoms with van der Waals surface area (Å²) in [4.78, 5) is 0.636. The van der Waals surface area contributed by atoms with Gasteiger partial charge in [0.25, 0.3) is 0 Å². The number of thioether (sulfide) groups is 1. The van der Waals surface area contributed by atoms with Crippen molar-refractivity contribution in [2.75, 3.05) is 7.05 Å². The van der Waals surface area contributed by atoms with Crippen molar-refractivity contribution in [1.29, 1.82) is 0 Å². The first kappa shape index (κ1) is 22.2. The van der Waals surface area contributed by atoms with Gasteiger partial charge in [0.15, 0.2) is 0 Å². The summed E-state index contributed by atoms with van der Waals surface area (Å²) in [5, 5.41) is 18.0. The fraction of sp³-hybridized carbons (Fsp3) is 0.0417. The summed E-state index contributed by atoms with van der Waals surface area (Å²) in [6.45, 7) is 0. The van der Waals surface area contributed by atoms with Gasteiger partial charge in [-0.2, -0.15) is 5.10 Å². The molecule has 0 amide bonds. The van der Waals surface area contributed by atoms with Crippen LogP contribution in [0.5, 0.6) is 5.75 Å². The minimum absolute atomic E-state index is 0. The van der Waals surface area contributed by atoms with Gasteiger partial charge < -0.3 is 17.1 Å². The molecule has 4 rings (SSSR count). The number of fused-ring (bicyclic) bond motifs is 1. The summed E-state index contributed by atoms with van der Waals surface area (Å²) in [5.41, 5.74) is 4.40. The number of hydrazine groups is 1. The average molecular weight is 432 g/mol. The lowest BCUT2D eigenvalue weighted by Gasteiger charge is -2.17. The summed E-state index contributed by atoms with van der Waals surface area (Å²) in [5.74, 6) is 11.5. The minimum Gasteiger partial charge on any atom is -0.506 e. The van der Waals surface area contributed by atoms with Crippen LogP contribution in [0, 0.1) is 0 Å². The van der Waals surface area contributed by atoms with Crippen molar-refractivity contribution in [2.45, 2.75) is 4.90 Å². The van der Waals surface area contributed by atoms with Crippen molar-refractivity contribution in [1.82, 2.24) is 11.2 Å². The molecule has 0 radical (unpaired) electrons. The van der Waals surface area contributed by atoms with Crippen LogP contribution in [0.4, 0.5) is 0 Å². The fourth-order valence-corrected chi connectivity index (χ4v) is 4.19. The zero-order chi connectivity index (χ0) is 21.1. The van der Waals surface area contributed by atoms with Crippen LogP contribution in [0.1, 0.15) is 0 Å². The zero-order valence-electron chi connectivity index (χ0n) is 17.2. The van der Waals surface area contributed by atoms with E-state index >= 15 is 0 Å². The molecule has 0 fully saturated rings. The topological polar surface area (TPSA) is 123 Å². The van der Waals surface area contributed by atoms with Crippen molar-refractivity contribution in [3.63, 3.8) is 0 Å². The lowest BCUT2D eigenvalue weighted by Crippen LogP contribution is -2.31. The van der Waals surface area contributed by atoms with Gasteiger partial charge in [0, 0.05) is 12.4 Å². The molecule has 0 atom stereocenters. The Hall–Kier alpha value is -3.52. The highest BCUT2D eigenvalue weighted by Crippen LogP contribution is 2.42. The SMILES string of the molecule is CN(N)/C(=N\N)Sc1cc(-c2ccc(-c3ccccc3)cc2)c2ccccc2c1O.N. The van der Waals surface area contributed by atoms with E-state index in [1.54, 1.807) is 7.05 Å². The van der Waals surface area contributed by atoms with E-state index in [4.69, 9.17) is 11.7 Å². The van der Waals surface area contributed by atoms with E-state index in [0.29, 0.717) is 10.1 Å². The van der Waals surface area contributed by atoms with Crippen LogP contribution < -0.4 is 17.8 Å². The number of nitrogens with two attached hydrogens (primary N) is 2. The van der Waals surface area contributed by atoms with E-state index in [2.05, 4.69) is 41.5 Å². The van der Waals surface area contributed by atoms with Crippen molar-refractivity contribution in [2.24, 2.45) is 16.8 Å². The maximum Gasteiger partial charge on any atom is 0.201 e. The van der Waals surface area contributed by atoms with Gasteiger partial charge in [0.2, 0.25) is 5.17 Å². The van der Waals surface area contributed by atoms with Gasteiger partial charge in [0.1, 0.15) is 5.75 Å². The Balaban J connectivity index is 0.00000272. The molecule has 7 heteroatoms. The number of rotatable bonds is 3. The Bertz CT molecular complexity index is 1210. The molecule has 0 aliphatic rings. The third-order valence-corrected chi connectivity index (χ3v) is 6.00. The van der Waals surface area contributed by atoms with E-state index in [1.165, 1.54) is 22.3 Å². The van der Waals surface area contributed by atoms with Gasteiger partial charge in [-0.15, -0.1) is 0 Å². The molecule has 6 nitrogen and oxygen atoms in total. The third-order valence-electron chi connectivity index (χ3n) is 4.90. The Kier molecular flexibility index (Phi) is 6.81. The first-order chi connectivity index (χ1) is 14.6. The van der Waals surface area contributed by atoms with Gasteiger partial charge >= 0.3 is 0 Å². The molecule has 0 aliphatic heterocycles. The maximum atomic E-state index is 10.9. The van der Waals surface area contributed by atoms with Crippen LogP contribution in [-0.4, -0.2) is 22.3 Å². The van der Waals surface area contributed by atoms with Crippen LogP contribution >= 0.6 is 11.8 Å². The lowest BCUT2D eigenvalue weighted by atomic mass is 9.96. The highest BCUT2D eigenvalue weighted by atomic mass is 32.2. The largest absolute Gasteiger partial charge is 0.506 e. The number of hydrogen-bond acceptors (Lipinski definition) is 6. The van der Waals surface area contributed by atoms with E-state index in [9.17, 15) is 5.11 Å². The molecule has 0 aliphatic carbocycles. The highest BCUT2D eigenvalue weighted by Gasteiger charge is 2.16. The molecule has 0 saturated carbocycles. The number of hydrazone groups is 1. The van der Waals surface area contributed by atoms with E-state index in [-0.39, 0.29) is 11.9 Å². The molecule has 31 heavy (non-hydrogen) atoms. The summed E-state index contributed by atoms with van der Waals surface area (Å²) in [6.07, 6.45) is 0. The fourth-order valence-electron chi connectivity index (χ4n) is 3.41. The number of aromatic hydroxyl groups is 1. The second-order valence-corrected chi connectivity index (χ2v) is 7.89. The van der Waals surface area contributed by atoms with Crippen LogP contribution in [-0.2, 0) is 0 Å². The van der Waals surface area contributed by atoms with Crippen molar-refractivity contribution < 1.29 is 5.11 Å². The quantitative estimate of drug-likeness (QED) is 0.117. The standard InChI is InChI=1S/C24H22N4OS.H3N/c1-28(26)24(27-25)30-22-15-21(19-9-5-6-10-20(19)23(22)29)18-13-11-17(12-14-18)16-7-3-2-4-8-16;/h2-15,29H,25-26H2,1H3;1H3/b27-24+;. The molecule has 0 aromatic heterocycles. The normalized spacial score (nSPS) is 11.2. The number of benzene rings is 4. The Morgan fingerprint density at radius 1 is 0.839 bits per heavy atom. The monoisotopic (exact) mass is 431 g/mol. The Morgan fingerprint density at radius 3 is 2.00 bits per heavy atom.